The molecule has 2 fully saturated rings. The van der Waals surface area contributed by atoms with Crippen molar-refractivity contribution >= 4 is 29.1 Å². The maximum absolute atomic E-state index is 12.4. The van der Waals surface area contributed by atoms with Gasteiger partial charge in [0.05, 0.1) is 29.8 Å². The highest BCUT2D eigenvalue weighted by Gasteiger charge is 2.32. The molecule has 1 aromatic rings. The fourth-order valence-corrected chi connectivity index (χ4v) is 3.00. The number of rotatable bonds is 3. The number of halogens is 2. The number of benzene rings is 1. The molecule has 2 unspecified atom stereocenters. The van der Waals surface area contributed by atoms with Gasteiger partial charge in [0.25, 0.3) is 0 Å². The predicted octanol–water partition coefficient (Wildman–Crippen LogP) is 1.96. The third-order valence-corrected chi connectivity index (χ3v) is 4.61. The highest BCUT2D eigenvalue weighted by molar-refractivity contribution is 6.42. The van der Waals surface area contributed by atoms with Gasteiger partial charge in [-0.1, -0.05) is 23.2 Å². The Morgan fingerprint density at radius 2 is 2.23 bits per heavy atom. The van der Waals surface area contributed by atoms with Crippen LogP contribution in [0.1, 0.15) is 6.42 Å². The normalized spacial score (nSPS) is 25.3. The quantitative estimate of drug-likeness (QED) is 0.910. The van der Waals surface area contributed by atoms with Crippen LogP contribution in [0.25, 0.3) is 0 Å². The first-order chi connectivity index (χ1) is 10.6. The number of carbonyl (C=O) groups excluding carboxylic acids is 1. The lowest BCUT2D eigenvalue weighted by Crippen LogP contribution is -2.52. The number of hydrogen-bond acceptors (Lipinski definition) is 4. The third kappa shape index (κ3) is 3.66. The van der Waals surface area contributed by atoms with Crippen LogP contribution in [-0.2, 0) is 9.53 Å². The van der Waals surface area contributed by atoms with Gasteiger partial charge in [-0.25, -0.2) is 0 Å². The third-order valence-electron chi connectivity index (χ3n) is 3.87. The summed E-state index contributed by atoms with van der Waals surface area (Å²) in [5.74, 6) is 0.757. The molecule has 0 aliphatic carbocycles. The van der Waals surface area contributed by atoms with Crippen LogP contribution in [0, 0.1) is 0 Å². The van der Waals surface area contributed by atoms with Gasteiger partial charge in [0.1, 0.15) is 17.9 Å². The summed E-state index contributed by atoms with van der Waals surface area (Å²) in [6.45, 7) is 3.09. The molecule has 22 heavy (non-hydrogen) atoms. The predicted molar refractivity (Wildman–Crippen MR) is 84.7 cm³/mol. The van der Waals surface area contributed by atoms with E-state index >= 15 is 0 Å². The molecule has 0 radical (unpaired) electrons. The van der Waals surface area contributed by atoms with Crippen molar-refractivity contribution in [2.75, 3.05) is 32.8 Å². The lowest BCUT2D eigenvalue weighted by atomic mass is 10.2. The Bertz CT molecular complexity index is 550. The molecule has 2 heterocycles. The Kier molecular flexibility index (Phi) is 5.08. The van der Waals surface area contributed by atoms with E-state index in [9.17, 15) is 4.79 Å². The van der Waals surface area contributed by atoms with Crippen molar-refractivity contribution in [3.05, 3.63) is 28.2 Å². The first-order valence-electron chi connectivity index (χ1n) is 7.35. The van der Waals surface area contributed by atoms with Crippen LogP contribution >= 0.6 is 23.2 Å². The van der Waals surface area contributed by atoms with E-state index in [2.05, 4.69) is 5.32 Å². The van der Waals surface area contributed by atoms with E-state index in [-0.39, 0.29) is 18.1 Å². The lowest BCUT2D eigenvalue weighted by Gasteiger charge is -2.27. The minimum atomic E-state index is -0.238. The summed E-state index contributed by atoms with van der Waals surface area (Å²) in [5, 5.41) is 4.15. The lowest BCUT2D eigenvalue weighted by molar-refractivity contribution is -0.135. The molecule has 0 spiro atoms. The summed E-state index contributed by atoms with van der Waals surface area (Å²) in [5.41, 5.74) is 0. The minimum absolute atomic E-state index is 0.0225. The monoisotopic (exact) mass is 344 g/mol. The Labute approximate surface area is 139 Å². The van der Waals surface area contributed by atoms with Gasteiger partial charge in [0.15, 0.2) is 0 Å². The van der Waals surface area contributed by atoms with Crippen LogP contribution in [0.4, 0.5) is 0 Å². The number of hydrogen-bond donors (Lipinski definition) is 1. The Hall–Kier alpha value is -1.01. The van der Waals surface area contributed by atoms with Gasteiger partial charge >= 0.3 is 0 Å². The van der Waals surface area contributed by atoms with Crippen LogP contribution in [0.3, 0.4) is 0 Å². The van der Waals surface area contributed by atoms with E-state index in [0.29, 0.717) is 48.6 Å². The number of nitrogens with zero attached hydrogens (tertiary/aromatic N) is 1. The standard InChI is InChI=1S/C15H18Cl2N2O3/c16-12-2-1-10(7-13(12)17)22-11-3-5-19(8-11)15(20)14-9-21-6-4-18-14/h1-2,7,11,14,18H,3-6,8-9H2. The second-order valence-electron chi connectivity index (χ2n) is 5.47. The van der Waals surface area contributed by atoms with Gasteiger partial charge in [-0.15, -0.1) is 0 Å². The molecular weight excluding hydrogens is 327 g/mol. The maximum atomic E-state index is 12.4. The smallest absolute Gasteiger partial charge is 0.242 e. The van der Waals surface area contributed by atoms with E-state index in [4.69, 9.17) is 32.7 Å². The number of amides is 1. The molecule has 1 amide bonds. The minimum Gasteiger partial charge on any atom is -0.488 e. The molecule has 120 valence electrons. The van der Waals surface area contributed by atoms with Crippen molar-refractivity contribution in [3.8, 4) is 5.75 Å². The van der Waals surface area contributed by atoms with Gasteiger partial charge < -0.3 is 19.7 Å². The first-order valence-corrected chi connectivity index (χ1v) is 8.10. The molecule has 0 aromatic heterocycles. The molecular formula is C15H18Cl2N2O3. The van der Waals surface area contributed by atoms with E-state index in [1.807, 2.05) is 4.90 Å². The molecule has 7 heteroatoms. The van der Waals surface area contributed by atoms with Gasteiger partial charge in [-0.3, -0.25) is 4.79 Å². The summed E-state index contributed by atoms with van der Waals surface area (Å²) in [4.78, 5) is 14.2. The summed E-state index contributed by atoms with van der Waals surface area (Å²) < 4.78 is 11.2. The van der Waals surface area contributed by atoms with Crippen molar-refractivity contribution in [2.45, 2.75) is 18.6 Å². The fourth-order valence-electron chi connectivity index (χ4n) is 2.71. The largest absolute Gasteiger partial charge is 0.488 e. The average Bonchev–Trinajstić information content (AvgIpc) is 2.99. The Morgan fingerprint density at radius 1 is 1.36 bits per heavy atom. The second-order valence-corrected chi connectivity index (χ2v) is 6.28. The average molecular weight is 345 g/mol. The molecule has 1 aromatic carbocycles. The summed E-state index contributed by atoms with van der Waals surface area (Å²) in [6.07, 6.45) is 0.783. The number of likely N-dealkylation sites (tertiary alicyclic amines) is 1. The van der Waals surface area contributed by atoms with E-state index in [0.717, 1.165) is 6.42 Å². The SMILES string of the molecule is O=C(C1COCCN1)N1CCC(Oc2ccc(Cl)c(Cl)c2)C1. The van der Waals surface area contributed by atoms with Crippen molar-refractivity contribution in [2.24, 2.45) is 0 Å². The van der Waals surface area contributed by atoms with Crippen molar-refractivity contribution in [1.82, 2.24) is 10.2 Å². The van der Waals surface area contributed by atoms with Crippen LogP contribution in [0.2, 0.25) is 10.0 Å². The van der Waals surface area contributed by atoms with E-state index in [1.165, 1.54) is 0 Å². The zero-order valence-electron chi connectivity index (χ0n) is 12.1. The van der Waals surface area contributed by atoms with Crippen molar-refractivity contribution < 1.29 is 14.3 Å². The summed E-state index contributed by atoms with van der Waals surface area (Å²) in [7, 11) is 0. The van der Waals surface area contributed by atoms with Crippen LogP contribution in [0.5, 0.6) is 5.75 Å². The van der Waals surface area contributed by atoms with Gasteiger partial charge in [0.2, 0.25) is 5.91 Å². The Morgan fingerprint density at radius 3 is 2.95 bits per heavy atom. The molecule has 2 aliphatic rings. The number of carbonyl (C=O) groups is 1. The van der Waals surface area contributed by atoms with Crippen molar-refractivity contribution in [1.29, 1.82) is 0 Å². The highest BCUT2D eigenvalue weighted by Crippen LogP contribution is 2.28. The van der Waals surface area contributed by atoms with Gasteiger partial charge in [0, 0.05) is 25.6 Å². The van der Waals surface area contributed by atoms with Gasteiger partial charge in [-0.05, 0) is 12.1 Å². The molecule has 0 bridgehead atoms. The summed E-state index contributed by atoms with van der Waals surface area (Å²) in [6, 6.07) is 4.96. The number of morpholine rings is 1. The van der Waals surface area contributed by atoms with E-state index in [1.54, 1.807) is 18.2 Å². The zero-order chi connectivity index (χ0) is 15.5. The topological polar surface area (TPSA) is 50.8 Å². The second kappa shape index (κ2) is 7.04. The van der Waals surface area contributed by atoms with Crippen LogP contribution < -0.4 is 10.1 Å². The molecule has 3 rings (SSSR count). The Balaban J connectivity index is 1.55. The number of nitrogens with one attached hydrogen (secondary N) is 1. The molecule has 1 N–H and O–H groups in total. The molecule has 0 saturated carbocycles. The van der Waals surface area contributed by atoms with Crippen LogP contribution in [0.15, 0.2) is 18.2 Å². The van der Waals surface area contributed by atoms with Crippen molar-refractivity contribution in [3.63, 3.8) is 0 Å². The maximum Gasteiger partial charge on any atom is 0.242 e. The highest BCUT2D eigenvalue weighted by atomic mass is 35.5. The fraction of sp³-hybridized carbons (Fsp3) is 0.533. The molecule has 2 atom stereocenters. The van der Waals surface area contributed by atoms with E-state index < -0.39 is 0 Å². The van der Waals surface area contributed by atoms with Crippen LogP contribution in [-0.4, -0.2) is 55.8 Å². The number of ether oxygens (including phenoxy) is 2. The van der Waals surface area contributed by atoms with Gasteiger partial charge in [-0.2, -0.15) is 0 Å². The first kappa shape index (κ1) is 15.9. The molecule has 5 nitrogen and oxygen atoms in total. The molecule has 2 aliphatic heterocycles. The zero-order valence-corrected chi connectivity index (χ0v) is 13.6. The summed E-state index contributed by atoms with van der Waals surface area (Å²) >= 11 is 11.9. The molecule has 2 saturated heterocycles.